The van der Waals surface area contributed by atoms with Crippen molar-refractivity contribution >= 4 is 18.7 Å². The van der Waals surface area contributed by atoms with Gasteiger partial charge in [0.25, 0.3) is 8.32 Å². The van der Waals surface area contributed by atoms with E-state index < -0.39 is 31.8 Å². The first-order chi connectivity index (χ1) is 20.8. The Morgan fingerprint density at radius 1 is 0.818 bits per heavy atom. The maximum atomic E-state index is 7.31. The van der Waals surface area contributed by atoms with Crippen molar-refractivity contribution in [3.05, 3.63) is 60.7 Å². The van der Waals surface area contributed by atoms with Crippen LogP contribution in [0.5, 0.6) is 0 Å². The van der Waals surface area contributed by atoms with Gasteiger partial charge in [-0.05, 0) is 43.1 Å². The lowest BCUT2D eigenvalue weighted by Crippen LogP contribution is -2.68. The lowest BCUT2D eigenvalue weighted by molar-refractivity contribution is -0.320. The van der Waals surface area contributed by atoms with Crippen molar-refractivity contribution in [3.63, 3.8) is 0 Å². The summed E-state index contributed by atoms with van der Waals surface area (Å²) in [6, 6.07) is 20.9. The lowest BCUT2D eigenvalue weighted by atomic mass is 9.98. The molecule has 0 spiro atoms. The molecule has 0 N–H and O–H groups in total. The van der Waals surface area contributed by atoms with Gasteiger partial charge in [-0.2, -0.15) is 5.06 Å². The van der Waals surface area contributed by atoms with Gasteiger partial charge in [-0.3, -0.25) is 4.84 Å². The normalized spacial score (nSPS) is 31.8. The molecule has 44 heavy (non-hydrogen) atoms. The quantitative estimate of drug-likeness (QED) is 0.303. The molecule has 10 heteroatoms. The summed E-state index contributed by atoms with van der Waals surface area (Å²) in [6.45, 7) is 15.2. The molecule has 4 fully saturated rings. The third-order valence-corrected chi connectivity index (χ3v) is 14.7. The highest BCUT2D eigenvalue weighted by atomic mass is 28.4. The van der Waals surface area contributed by atoms with E-state index in [-0.39, 0.29) is 42.0 Å². The first kappa shape index (κ1) is 32.2. The van der Waals surface area contributed by atoms with Crippen molar-refractivity contribution < 1.29 is 37.7 Å². The number of fused-ring (bicyclic) bond motifs is 3. The average molecular weight is 628 g/mol. The van der Waals surface area contributed by atoms with Crippen LogP contribution in [0.3, 0.4) is 0 Å². The van der Waals surface area contributed by atoms with Crippen molar-refractivity contribution in [2.45, 2.75) is 114 Å². The predicted molar refractivity (Wildman–Crippen MR) is 168 cm³/mol. The van der Waals surface area contributed by atoms with Crippen molar-refractivity contribution in [3.8, 4) is 0 Å². The fraction of sp³-hybridized carbons (Fsp3) is 0.647. The predicted octanol–water partition coefficient (Wildman–Crippen LogP) is 3.98. The van der Waals surface area contributed by atoms with Crippen LogP contribution in [0.4, 0.5) is 0 Å². The summed E-state index contributed by atoms with van der Waals surface area (Å²) in [4.78, 5) is 6.82. The summed E-state index contributed by atoms with van der Waals surface area (Å²) in [5.41, 5.74) is 0. The van der Waals surface area contributed by atoms with Crippen LogP contribution >= 0.6 is 0 Å². The third kappa shape index (κ3) is 5.41. The minimum absolute atomic E-state index is 0.0818. The third-order valence-electron chi connectivity index (χ3n) is 9.70. The molecule has 0 aliphatic carbocycles. The Labute approximate surface area is 263 Å². The molecular formula is C34H49NO8Si. The fourth-order valence-corrected chi connectivity index (χ4v) is 12.3. The first-order valence-electron chi connectivity index (χ1n) is 15.7. The Kier molecular flexibility index (Phi) is 8.44. The molecule has 6 atom stereocenters. The highest BCUT2D eigenvalue weighted by molar-refractivity contribution is 6.99. The van der Waals surface area contributed by atoms with Gasteiger partial charge in [0.1, 0.15) is 24.4 Å². The number of rotatable bonds is 9. The SMILES string of the molecule is COC(CO[Si](c1ccccc1)(c1ccccc1)C(C)(C)C)(OC)[C@@H]1C[C@H]2[C@H]3OC(C)(C)O[C@H]3[C@H]([C@H]3COC(C)(C)O3)N2O1. The van der Waals surface area contributed by atoms with E-state index in [1.807, 2.05) is 44.9 Å². The van der Waals surface area contributed by atoms with Crippen LogP contribution in [0, 0.1) is 0 Å². The first-order valence-corrected chi connectivity index (χ1v) is 17.6. The topological polar surface area (TPSA) is 77.1 Å². The Bertz CT molecular complexity index is 1240. The smallest absolute Gasteiger partial charge is 0.261 e. The second-order valence-electron chi connectivity index (χ2n) is 14.4. The van der Waals surface area contributed by atoms with Gasteiger partial charge in [0.15, 0.2) is 11.6 Å². The summed E-state index contributed by atoms with van der Waals surface area (Å²) >= 11 is 0. The second kappa shape index (κ2) is 11.5. The molecule has 0 radical (unpaired) electrons. The van der Waals surface area contributed by atoms with Gasteiger partial charge >= 0.3 is 0 Å². The van der Waals surface area contributed by atoms with Crippen LogP contribution < -0.4 is 10.4 Å². The van der Waals surface area contributed by atoms with Gasteiger partial charge in [-0.1, -0.05) is 81.4 Å². The molecule has 6 rings (SSSR count). The van der Waals surface area contributed by atoms with E-state index in [4.69, 9.17) is 37.7 Å². The molecule has 4 heterocycles. The van der Waals surface area contributed by atoms with Gasteiger partial charge < -0.3 is 32.8 Å². The van der Waals surface area contributed by atoms with E-state index >= 15 is 0 Å². The maximum Gasteiger partial charge on any atom is 0.261 e. The second-order valence-corrected chi connectivity index (χ2v) is 18.7. The number of hydrogen-bond acceptors (Lipinski definition) is 9. The lowest BCUT2D eigenvalue weighted by Gasteiger charge is -2.46. The summed E-state index contributed by atoms with van der Waals surface area (Å²) in [6.07, 6.45) is -0.513. The standard InChI is InChI=1S/C34H49NO8Si/c1-31(2,3)44(23-16-12-10-13-17-23,24-18-14-11-15-19-24)39-22-34(36-8,37-9)27-20-25-29-30(42-33(6,7)41-29)28(35(25)43-27)26-21-38-32(4,5)40-26/h10-19,25-30H,20-22H2,1-9H3/t25-,26+,27-,28-,29+,30-/m0/s1. The Balaban J connectivity index is 1.33. The van der Waals surface area contributed by atoms with Crippen LogP contribution in [0.15, 0.2) is 60.7 Å². The summed E-state index contributed by atoms with van der Waals surface area (Å²) in [5.74, 6) is -2.57. The van der Waals surface area contributed by atoms with Crippen molar-refractivity contribution in [2.75, 3.05) is 27.4 Å². The zero-order chi connectivity index (χ0) is 31.5. The summed E-state index contributed by atoms with van der Waals surface area (Å²) in [7, 11) is 0.461. The molecule has 2 aromatic rings. The summed E-state index contributed by atoms with van der Waals surface area (Å²) < 4.78 is 45.1. The van der Waals surface area contributed by atoms with E-state index in [0.29, 0.717) is 13.0 Å². The maximum absolute atomic E-state index is 7.31. The Hall–Kier alpha value is -1.70. The molecule has 2 aromatic carbocycles. The van der Waals surface area contributed by atoms with Gasteiger partial charge in [0.05, 0.1) is 25.3 Å². The summed E-state index contributed by atoms with van der Waals surface area (Å²) in [5, 5.41) is 4.19. The molecule has 0 unspecified atom stereocenters. The highest BCUT2D eigenvalue weighted by Crippen LogP contribution is 2.50. The molecule has 4 aliphatic heterocycles. The largest absolute Gasteiger partial charge is 0.402 e. The number of hydrogen-bond donors (Lipinski definition) is 0. The number of ether oxygens (including phenoxy) is 6. The Morgan fingerprint density at radius 2 is 1.39 bits per heavy atom. The zero-order valence-electron chi connectivity index (χ0n) is 27.6. The highest BCUT2D eigenvalue weighted by Gasteiger charge is 2.67. The zero-order valence-corrected chi connectivity index (χ0v) is 28.6. The van der Waals surface area contributed by atoms with Gasteiger partial charge in [-0.25, -0.2) is 0 Å². The number of nitrogens with zero attached hydrogens (tertiary/aromatic N) is 1. The number of hydroxylamine groups is 2. The Morgan fingerprint density at radius 3 is 1.89 bits per heavy atom. The molecule has 242 valence electrons. The average Bonchev–Trinajstić information content (AvgIpc) is 3.71. The molecule has 9 nitrogen and oxygen atoms in total. The van der Waals surface area contributed by atoms with Gasteiger partial charge in [0.2, 0.25) is 5.79 Å². The van der Waals surface area contributed by atoms with Crippen molar-refractivity contribution in [2.24, 2.45) is 0 Å². The molecular weight excluding hydrogens is 578 g/mol. The van der Waals surface area contributed by atoms with Gasteiger partial charge in [-0.15, -0.1) is 0 Å². The van der Waals surface area contributed by atoms with Crippen molar-refractivity contribution in [1.82, 2.24) is 5.06 Å². The van der Waals surface area contributed by atoms with Gasteiger partial charge in [0, 0.05) is 20.6 Å². The van der Waals surface area contributed by atoms with Crippen molar-refractivity contribution in [1.29, 1.82) is 0 Å². The molecule has 0 aromatic heterocycles. The minimum atomic E-state index is -2.87. The van der Waals surface area contributed by atoms with Crippen LogP contribution in [0.25, 0.3) is 0 Å². The van der Waals surface area contributed by atoms with Crippen LogP contribution in [-0.4, -0.2) is 94.7 Å². The van der Waals surface area contributed by atoms with E-state index in [1.54, 1.807) is 14.2 Å². The molecule has 0 amide bonds. The molecule has 4 aliphatic rings. The molecule has 0 saturated carbocycles. The van der Waals surface area contributed by atoms with E-state index in [0.717, 1.165) is 0 Å². The fourth-order valence-electron chi connectivity index (χ4n) is 7.73. The van der Waals surface area contributed by atoms with E-state index in [1.165, 1.54) is 10.4 Å². The monoisotopic (exact) mass is 627 g/mol. The van der Waals surface area contributed by atoms with Crippen LogP contribution in [0.1, 0.15) is 54.9 Å². The minimum Gasteiger partial charge on any atom is -0.402 e. The molecule has 4 saturated heterocycles. The van der Waals surface area contributed by atoms with Crippen LogP contribution in [0.2, 0.25) is 5.04 Å². The van der Waals surface area contributed by atoms with Crippen LogP contribution in [-0.2, 0) is 37.7 Å². The van der Waals surface area contributed by atoms with E-state index in [2.05, 4.69) is 69.3 Å². The van der Waals surface area contributed by atoms with E-state index in [9.17, 15) is 0 Å². The molecule has 0 bridgehead atoms. The number of methoxy groups -OCH3 is 2. The number of benzene rings is 2.